The summed E-state index contributed by atoms with van der Waals surface area (Å²) < 4.78 is 1.34. The summed E-state index contributed by atoms with van der Waals surface area (Å²) in [6.07, 6.45) is 0. The van der Waals surface area contributed by atoms with E-state index in [-0.39, 0.29) is 17.2 Å². The van der Waals surface area contributed by atoms with Crippen LogP contribution < -0.4 is 5.73 Å². The van der Waals surface area contributed by atoms with Gasteiger partial charge in [-0.1, -0.05) is 32.5 Å². The molecule has 0 spiro atoms. The highest BCUT2D eigenvalue weighted by atomic mass is 32.2. The van der Waals surface area contributed by atoms with Crippen LogP contribution >= 0.6 is 11.8 Å². The van der Waals surface area contributed by atoms with E-state index in [4.69, 9.17) is 5.73 Å². The molecule has 4 nitrogen and oxygen atoms in total. The van der Waals surface area contributed by atoms with Crippen LogP contribution in [0.25, 0.3) is 0 Å². The second-order valence-electron chi connectivity index (χ2n) is 6.30. The van der Waals surface area contributed by atoms with Gasteiger partial charge in [-0.3, -0.25) is 4.57 Å². The van der Waals surface area contributed by atoms with Crippen LogP contribution in [0.1, 0.15) is 31.9 Å². The number of rotatable bonds is 2. The average molecular weight is 306 g/mol. The molecule has 0 saturated heterocycles. The van der Waals surface area contributed by atoms with E-state index in [1.165, 1.54) is 16.3 Å². The third-order valence-electron chi connectivity index (χ3n) is 3.54. The average Bonchev–Trinajstić information content (AvgIpc) is 2.60. The van der Waals surface area contributed by atoms with Gasteiger partial charge in [0.25, 0.3) is 0 Å². The third-order valence-corrected chi connectivity index (χ3v) is 4.53. The van der Waals surface area contributed by atoms with Crippen molar-refractivity contribution in [2.45, 2.75) is 42.9 Å². The molecule has 5 heteroatoms. The van der Waals surface area contributed by atoms with Crippen molar-refractivity contribution in [1.82, 2.24) is 4.57 Å². The van der Waals surface area contributed by atoms with Crippen LogP contribution in [0.2, 0.25) is 0 Å². The van der Waals surface area contributed by atoms with E-state index in [1.54, 1.807) is 13.1 Å². The van der Waals surface area contributed by atoms with Crippen molar-refractivity contribution >= 4 is 17.4 Å². The lowest BCUT2D eigenvalue weighted by Gasteiger charge is -2.23. The lowest BCUT2D eigenvalue weighted by molar-refractivity contribution is 0.383. The molecule has 4 N–H and O–H groups in total. The molecular formula is C16H22N2O2S. The number of hydrogen-bond acceptors (Lipinski definition) is 4. The molecule has 114 valence electrons. The fraction of sp³-hybridized carbons (Fsp3) is 0.375. The Morgan fingerprint density at radius 1 is 1.14 bits per heavy atom. The predicted octanol–water partition coefficient (Wildman–Crippen LogP) is 3.78. The summed E-state index contributed by atoms with van der Waals surface area (Å²) in [5.41, 5.74) is 9.05. The predicted molar refractivity (Wildman–Crippen MR) is 87.2 cm³/mol. The van der Waals surface area contributed by atoms with E-state index in [2.05, 4.69) is 26.8 Å². The number of nitrogen functional groups attached to an aromatic ring is 1. The Labute approximate surface area is 129 Å². The quantitative estimate of drug-likeness (QED) is 0.738. The zero-order valence-corrected chi connectivity index (χ0v) is 13.9. The van der Waals surface area contributed by atoms with E-state index in [1.807, 2.05) is 13.0 Å². The van der Waals surface area contributed by atoms with Gasteiger partial charge in [0, 0.05) is 23.7 Å². The summed E-state index contributed by atoms with van der Waals surface area (Å²) in [6, 6.07) is 5.61. The van der Waals surface area contributed by atoms with Gasteiger partial charge >= 0.3 is 0 Å². The first-order valence-corrected chi connectivity index (χ1v) is 7.59. The van der Waals surface area contributed by atoms with Crippen molar-refractivity contribution in [2.75, 3.05) is 5.73 Å². The van der Waals surface area contributed by atoms with Gasteiger partial charge in [0.1, 0.15) is 0 Å². The number of benzene rings is 1. The molecule has 0 amide bonds. The van der Waals surface area contributed by atoms with E-state index >= 15 is 0 Å². The molecule has 0 aliphatic heterocycles. The minimum atomic E-state index is -0.0493. The Bertz CT molecular complexity index is 685. The van der Waals surface area contributed by atoms with Crippen molar-refractivity contribution in [2.24, 2.45) is 7.05 Å². The first-order chi connectivity index (χ1) is 9.61. The van der Waals surface area contributed by atoms with Crippen molar-refractivity contribution in [3.63, 3.8) is 0 Å². The van der Waals surface area contributed by atoms with Gasteiger partial charge in [-0.15, -0.1) is 0 Å². The van der Waals surface area contributed by atoms with Crippen molar-refractivity contribution in [1.29, 1.82) is 0 Å². The maximum atomic E-state index is 9.99. The van der Waals surface area contributed by atoms with Gasteiger partial charge in [0.15, 0.2) is 5.88 Å². The third kappa shape index (κ3) is 2.97. The maximum absolute atomic E-state index is 9.99. The van der Waals surface area contributed by atoms with Crippen LogP contribution in [-0.4, -0.2) is 14.8 Å². The molecule has 0 saturated carbocycles. The van der Waals surface area contributed by atoms with Gasteiger partial charge in [0.05, 0.1) is 4.90 Å². The van der Waals surface area contributed by atoms with Crippen LogP contribution in [-0.2, 0) is 12.5 Å². The highest BCUT2D eigenvalue weighted by Crippen LogP contribution is 2.41. The zero-order valence-electron chi connectivity index (χ0n) is 13.1. The SMILES string of the molecule is Cc1cc(Sc2cc(O)n(C)c2O)cc(C(C)(C)C)c1N. The number of anilines is 1. The van der Waals surface area contributed by atoms with Gasteiger partial charge in [-0.25, -0.2) is 0 Å². The molecule has 21 heavy (non-hydrogen) atoms. The minimum Gasteiger partial charge on any atom is -0.494 e. The fourth-order valence-corrected chi connectivity index (χ4v) is 3.26. The molecule has 1 aromatic carbocycles. The van der Waals surface area contributed by atoms with Crippen molar-refractivity contribution in [3.05, 3.63) is 29.3 Å². The largest absolute Gasteiger partial charge is 0.494 e. The second kappa shape index (κ2) is 5.22. The van der Waals surface area contributed by atoms with Gasteiger partial charge in [-0.05, 0) is 35.6 Å². The Kier molecular flexibility index (Phi) is 3.89. The summed E-state index contributed by atoms with van der Waals surface area (Å²) in [6.45, 7) is 8.35. The summed E-state index contributed by atoms with van der Waals surface area (Å²) in [7, 11) is 1.61. The number of aromatic nitrogens is 1. The number of aromatic hydroxyl groups is 2. The van der Waals surface area contributed by atoms with Crippen LogP contribution in [0.3, 0.4) is 0 Å². The Balaban J connectivity index is 2.46. The number of hydrogen-bond donors (Lipinski definition) is 3. The molecule has 2 aromatic rings. The van der Waals surface area contributed by atoms with E-state index in [0.717, 1.165) is 21.7 Å². The Hall–Kier alpha value is -1.75. The molecule has 0 fully saturated rings. The second-order valence-corrected chi connectivity index (χ2v) is 7.42. The first kappa shape index (κ1) is 15.6. The molecule has 1 heterocycles. The van der Waals surface area contributed by atoms with Crippen LogP contribution in [0.5, 0.6) is 11.8 Å². The van der Waals surface area contributed by atoms with Gasteiger partial charge in [-0.2, -0.15) is 0 Å². The molecule has 0 unspecified atom stereocenters. The van der Waals surface area contributed by atoms with E-state index in [0.29, 0.717) is 4.90 Å². The maximum Gasteiger partial charge on any atom is 0.208 e. The van der Waals surface area contributed by atoms with Crippen LogP contribution in [0, 0.1) is 6.92 Å². The number of aryl methyl sites for hydroxylation is 1. The Morgan fingerprint density at radius 2 is 1.76 bits per heavy atom. The molecule has 0 atom stereocenters. The van der Waals surface area contributed by atoms with Crippen LogP contribution in [0.15, 0.2) is 28.0 Å². The summed E-state index contributed by atoms with van der Waals surface area (Å²) in [5, 5.41) is 19.6. The highest BCUT2D eigenvalue weighted by Gasteiger charge is 2.20. The number of nitrogens with two attached hydrogens (primary N) is 1. The van der Waals surface area contributed by atoms with E-state index < -0.39 is 0 Å². The molecule has 2 rings (SSSR count). The van der Waals surface area contributed by atoms with Gasteiger partial charge < -0.3 is 15.9 Å². The summed E-state index contributed by atoms with van der Waals surface area (Å²) in [5.74, 6) is 0.0995. The van der Waals surface area contributed by atoms with Crippen LogP contribution in [0.4, 0.5) is 5.69 Å². The van der Waals surface area contributed by atoms with Gasteiger partial charge in [0.2, 0.25) is 5.88 Å². The standard InChI is InChI=1S/C16H22N2O2S/c1-9-6-10(7-11(14(9)17)16(2,3)4)21-12-8-13(19)18(5)15(12)20/h6-8,19-20H,17H2,1-5H3. The normalized spacial score (nSPS) is 11.9. The monoisotopic (exact) mass is 306 g/mol. The van der Waals surface area contributed by atoms with E-state index in [9.17, 15) is 10.2 Å². The molecular weight excluding hydrogens is 284 g/mol. The highest BCUT2D eigenvalue weighted by molar-refractivity contribution is 7.99. The molecule has 0 bridgehead atoms. The molecule has 0 aliphatic rings. The molecule has 1 aromatic heterocycles. The molecule has 0 aliphatic carbocycles. The van der Waals surface area contributed by atoms with Crippen molar-refractivity contribution in [3.8, 4) is 11.8 Å². The number of nitrogens with zero attached hydrogens (tertiary/aromatic N) is 1. The first-order valence-electron chi connectivity index (χ1n) is 6.77. The summed E-state index contributed by atoms with van der Waals surface area (Å²) in [4.78, 5) is 1.62. The lowest BCUT2D eigenvalue weighted by Crippen LogP contribution is -2.14. The molecule has 0 radical (unpaired) electrons. The topological polar surface area (TPSA) is 71.4 Å². The zero-order chi connectivity index (χ0) is 15.9. The minimum absolute atomic E-state index is 0.0400. The summed E-state index contributed by atoms with van der Waals surface area (Å²) >= 11 is 1.42. The smallest absolute Gasteiger partial charge is 0.208 e. The fourth-order valence-electron chi connectivity index (χ4n) is 2.20. The van der Waals surface area contributed by atoms with Crippen molar-refractivity contribution < 1.29 is 10.2 Å². The lowest BCUT2D eigenvalue weighted by atomic mass is 9.85. The Morgan fingerprint density at radius 3 is 2.24 bits per heavy atom.